The lowest BCUT2D eigenvalue weighted by Gasteiger charge is -2.13. The van der Waals surface area contributed by atoms with E-state index < -0.39 is 40.5 Å². The van der Waals surface area contributed by atoms with Crippen LogP contribution in [0.1, 0.15) is 25.5 Å². The lowest BCUT2D eigenvalue weighted by atomic mass is 10.1. The summed E-state index contributed by atoms with van der Waals surface area (Å²) in [4.78, 5) is 12.6. The fourth-order valence-electron chi connectivity index (χ4n) is 3.38. The van der Waals surface area contributed by atoms with E-state index >= 15 is 0 Å². The predicted octanol–water partition coefficient (Wildman–Crippen LogP) is 6.54. The largest absolute Gasteiger partial charge is 0.457 e. The number of rotatable bonds is 6. The summed E-state index contributed by atoms with van der Waals surface area (Å²) < 4.78 is 49.1. The van der Waals surface area contributed by atoms with Crippen molar-refractivity contribution >= 4 is 17.6 Å². The molecule has 4 nitrogen and oxygen atoms in total. The van der Waals surface area contributed by atoms with Crippen LogP contribution in [0.3, 0.4) is 0 Å². The maximum Gasteiger partial charge on any atom is 0.426 e. The van der Waals surface area contributed by atoms with Gasteiger partial charge in [0.2, 0.25) is 6.10 Å². The van der Waals surface area contributed by atoms with Crippen LogP contribution in [0.2, 0.25) is 0 Å². The Bertz CT molecular complexity index is 1010. The first-order valence-electron chi connectivity index (χ1n) is 9.41. The van der Waals surface area contributed by atoms with Gasteiger partial charge < -0.3 is 9.47 Å². The van der Waals surface area contributed by atoms with E-state index in [-0.39, 0.29) is 0 Å². The molecule has 0 saturated heterocycles. The van der Waals surface area contributed by atoms with Crippen molar-refractivity contribution in [2.24, 2.45) is 17.3 Å². The van der Waals surface area contributed by atoms with Crippen molar-refractivity contribution in [1.82, 2.24) is 0 Å². The number of carbonyl (C=O) groups excluding carboxylic acids is 1. The van der Waals surface area contributed by atoms with Gasteiger partial charge in [0.15, 0.2) is 0 Å². The van der Waals surface area contributed by atoms with Crippen molar-refractivity contribution in [2.75, 3.05) is 0 Å². The summed E-state index contributed by atoms with van der Waals surface area (Å²) in [5, 5.41) is 8.17. The zero-order valence-corrected chi connectivity index (χ0v) is 17.4. The smallest absolute Gasteiger partial charge is 0.426 e. The lowest BCUT2D eigenvalue weighted by Crippen LogP contribution is -2.14. The summed E-state index contributed by atoms with van der Waals surface area (Å²) in [5.41, 5.74) is -0.328. The number of alkyl halides is 3. The molecule has 0 spiro atoms. The van der Waals surface area contributed by atoms with Crippen LogP contribution in [-0.2, 0) is 9.53 Å². The molecule has 31 heavy (non-hydrogen) atoms. The Morgan fingerprint density at radius 2 is 1.71 bits per heavy atom. The normalized spacial score (nSPS) is 21.0. The van der Waals surface area contributed by atoms with Crippen LogP contribution < -0.4 is 4.74 Å². The van der Waals surface area contributed by atoms with Gasteiger partial charge in [-0.15, -0.1) is 0 Å². The molecule has 0 aliphatic heterocycles. The van der Waals surface area contributed by atoms with E-state index in [0.717, 1.165) is 6.08 Å². The van der Waals surface area contributed by atoms with Crippen LogP contribution in [-0.4, -0.2) is 12.1 Å². The van der Waals surface area contributed by atoms with Gasteiger partial charge in [-0.05, 0) is 35.6 Å². The van der Waals surface area contributed by atoms with Crippen LogP contribution in [0, 0.1) is 28.6 Å². The van der Waals surface area contributed by atoms with Crippen molar-refractivity contribution in [3.8, 4) is 17.6 Å². The summed E-state index contributed by atoms with van der Waals surface area (Å²) in [6.45, 7) is 3.30. The van der Waals surface area contributed by atoms with Gasteiger partial charge in [0.1, 0.15) is 22.6 Å². The second kappa shape index (κ2) is 8.64. The summed E-state index contributed by atoms with van der Waals surface area (Å²) >= 11 is 5.31. The van der Waals surface area contributed by atoms with E-state index in [2.05, 4.69) is 0 Å². The van der Waals surface area contributed by atoms with E-state index in [1.54, 1.807) is 50.2 Å². The van der Waals surface area contributed by atoms with Crippen LogP contribution in [0.25, 0.3) is 0 Å². The number of hydrogen-bond donors (Lipinski definition) is 0. The number of benzene rings is 2. The highest BCUT2D eigenvalue weighted by atomic mass is 35.5. The Labute approximate surface area is 182 Å². The van der Waals surface area contributed by atoms with E-state index in [9.17, 15) is 23.2 Å². The number of para-hydroxylation sites is 1. The summed E-state index contributed by atoms with van der Waals surface area (Å²) in [6, 6.07) is 17.5. The van der Waals surface area contributed by atoms with Crippen LogP contribution in [0.5, 0.6) is 11.5 Å². The minimum Gasteiger partial charge on any atom is -0.457 e. The molecule has 0 heterocycles. The molecule has 2 aromatic rings. The van der Waals surface area contributed by atoms with Crippen LogP contribution >= 0.6 is 11.6 Å². The number of hydrogen-bond acceptors (Lipinski definition) is 4. The number of esters is 1. The predicted molar refractivity (Wildman–Crippen MR) is 108 cm³/mol. The highest BCUT2D eigenvalue weighted by molar-refractivity contribution is 6.30. The zero-order valence-electron chi connectivity index (χ0n) is 16.7. The van der Waals surface area contributed by atoms with Gasteiger partial charge in [-0.2, -0.15) is 18.4 Å². The van der Waals surface area contributed by atoms with Gasteiger partial charge in [-0.1, -0.05) is 61.9 Å². The molecule has 1 aliphatic carbocycles. The molecule has 0 aromatic heterocycles. The standard InChI is InChI=1S/C23H19ClF3NO3/c1-22(2)17(12-19(24)23(25,26)27)20(22)21(29)31-18(13-28)14-8-10-16(11-9-14)30-15-6-4-3-5-7-15/h3-12,17-18,20H,1-2H3/b19-12-/t17-,18?,20-/m1/s1. The number of ether oxygens (including phenoxy) is 2. The van der Waals surface area contributed by atoms with E-state index in [4.69, 9.17) is 21.1 Å². The Balaban J connectivity index is 1.67. The number of nitrogens with zero attached hydrogens (tertiary/aromatic N) is 1. The topological polar surface area (TPSA) is 59.3 Å². The molecule has 3 rings (SSSR count). The van der Waals surface area contributed by atoms with E-state index in [1.807, 2.05) is 24.3 Å². The third kappa shape index (κ3) is 5.20. The molecule has 0 amide bonds. The maximum atomic E-state index is 12.7. The summed E-state index contributed by atoms with van der Waals surface area (Å²) in [5.74, 6) is -1.11. The number of halogens is 4. The molecule has 1 aliphatic rings. The minimum atomic E-state index is -4.67. The van der Waals surface area contributed by atoms with Gasteiger partial charge >= 0.3 is 12.1 Å². The third-order valence-corrected chi connectivity index (χ3v) is 5.61. The SMILES string of the molecule is CC1(C)[C@H](/C=C(\Cl)C(F)(F)F)[C@@H]1C(=O)OC(C#N)c1ccc(Oc2ccccc2)cc1. The van der Waals surface area contributed by atoms with Crippen molar-refractivity contribution in [2.45, 2.75) is 26.1 Å². The van der Waals surface area contributed by atoms with E-state index in [0.29, 0.717) is 17.1 Å². The average Bonchev–Trinajstić information content (AvgIpc) is 3.26. The van der Waals surface area contributed by atoms with Crippen molar-refractivity contribution in [3.05, 3.63) is 71.3 Å². The van der Waals surface area contributed by atoms with Crippen LogP contribution in [0.4, 0.5) is 13.2 Å². The highest BCUT2D eigenvalue weighted by Crippen LogP contribution is 2.60. The molecule has 8 heteroatoms. The molecular formula is C23H19ClF3NO3. The van der Waals surface area contributed by atoms with Crippen molar-refractivity contribution in [1.29, 1.82) is 5.26 Å². The first-order chi connectivity index (χ1) is 14.5. The van der Waals surface area contributed by atoms with Gasteiger partial charge in [0.05, 0.1) is 5.92 Å². The Hall–Kier alpha value is -2.98. The first-order valence-corrected chi connectivity index (χ1v) is 9.79. The number of nitriles is 1. The van der Waals surface area contributed by atoms with Gasteiger partial charge in [0.25, 0.3) is 0 Å². The molecule has 1 saturated carbocycles. The molecular weight excluding hydrogens is 431 g/mol. The Morgan fingerprint density at radius 3 is 2.26 bits per heavy atom. The molecule has 3 atom stereocenters. The third-order valence-electron chi connectivity index (χ3n) is 5.27. The molecule has 2 aromatic carbocycles. The fourth-order valence-corrected chi connectivity index (χ4v) is 3.52. The van der Waals surface area contributed by atoms with Gasteiger partial charge in [0, 0.05) is 5.56 Å². The molecule has 162 valence electrons. The number of carbonyl (C=O) groups is 1. The maximum absolute atomic E-state index is 12.7. The lowest BCUT2D eigenvalue weighted by molar-refractivity contribution is -0.149. The van der Waals surface area contributed by atoms with Gasteiger partial charge in [-0.3, -0.25) is 4.79 Å². The Morgan fingerprint density at radius 1 is 1.13 bits per heavy atom. The summed E-state index contributed by atoms with van der Waals surface area (Å²) in [7, 11) is 0. The first kappa shape index (κ1) is 22.7. The average molecular weight is 450 g/mol. The number of allylic oxidation sites excluding steroid dienone is 2. The van der Waals surface area contributed by atoms with Gasteiger partial charge in [-0.25, -0.2) is 0 Å². The second-order valence-corrected chi connectivity index (χ2v) is 8.17. The molecule has 0 N–H and O–H groups in total. The molecule has 0 radical (unpaired) electrons. The fraction of sp³-hybridized carbons (Fsp3) is 0.304. The van der Waals surface area contributed by atoms with Crippen molar-refractivity contribution in [3.63, 3.8) is 0 Å². The molecule has 1 unspecified atom stereocenters. The van der Waals surface area contributed by atoms with Crippen molar-refractivity contribution < 1.29 is 27.4 Å². The Kier molecular flexibility index (Phi) is 6.33. The van der Waals surface area contributed by atoms with Crippen LogP contribution in [0.15, 0.2) is 65.7 Å². The monoisotopic (exact) mass is 449 g/mol. The second-order valence-electron chi connectivity index (χ2n) is 7.77. The summed E-state index contributed by atoms with van der Waals surface area (Å²) in [6.07, 6.45) is -5.03. The highest BCUT2D eigenvalue weighted by Gasteiger charge is 2.62. The quantitative estimate of drug-likeness (QED) is 0.469. The zero-order chi connectivity index (χ0) is 22.8. The minimum absolute atomic E-state index is 0.426. The molecule has 1 fully saturated rings. The van der Waals surface area contributed by atoms with E-state index in [1.165, 1.54) is 0 Å². The molecule has 0 bridgehead atoms.